The van der Waals surface area contributed by atoms with Crippen LogP contribution in [-0.4, -0.2) is 29.8 Å². The predicted molar refractivity (Wildman–Crippen MR) is 84.8 cm³/mol. The molecule has 0 amide bonds. The molecule has 1 aliphatic heterocycles. The highest BCUT2D eigenvalue weighted by molar-refractivity contribution is 5.36. The number of aromatic nitrogens is 1. The number of ether oxygens (including phenoxy) is 2. The first-order valence-corrected chi connectivity index (χ1v) is 7.82. The third-order valence-corrected chi connectivity index (χ3v) is 3.66. The van der Waals surface area contributed by atoms with Crippen molar-refractivity contribution in [3.05, 3.63) is 22.9 Å². The lowest BCUT2D eigenvalue weighted by Crippen LogP contribution is -2.35. The van der Waals surface area contributed by atoms with Crippen LogP contribution in [0.1, 0.15) is 50.4 Å². The Hall–Kier alpha value is -1.13. The van der Waals surface area contributed by atoms with Crippen LogP contribution in [0.15, 0.2) is 6.07 Å². The lowest BCUT2D eigenvalue weighted by molar-refractivity contribution is 0.0658. The molecule has 1 fully saturated rings. The number of hydrogen-bond donors (Lipinski definition) is 1. The fourth-order valence-corrected chi connectivity index (χ4v) is 2.46. The summed E-state index contributed by atoms with van der Waals surface area (Å²) >= 11 is 0. The molecule has 1 saturated heterocycles. The second-order valence-electron chi connectivity index (χ2n) is 6.91. The van der Waals surface area contributed by atoms with Crippen LogP contribution in [0.3, 0.4) is 0 Å². The third kappa shape index (κ3) is 4.97. The van der Waals surface area contributed by atoms with Gasteiger partial charge >= 0.3 is 0 Å². The van der Waals surface area contributed by atoms with Gasteiger partial charge in [0.1, 0.15) is 6.61 Å². The second-order valence-corrected chi connectivity index (χ2v) is 6.91. The number of pyridine rings is 1. The van der Waals surface area contributed by atoms with Crippen molar-refractivity contribution in [2.75, 3.05) is 13.2 Å². The molecule has 0 bridgehead atoms. The van der Waals surface area contributed by atoms with Crippen LogP contribution in [0.25, 0.3) is 0 Å². The van der Waals surface area contributed by atoms with E-state index in [-0.39, 0.29) is 11.6 Å². The van der Waals surface area contributed by atoms with Crippen molar-refractivity contribution in [1.29, 1.82) is 0 Å². The van der Waals surface area contributed by atoms with Crippen molar-refractivity contribution >= 4 is 0 Å². The molecule has 1 unspecified atom stereocenters. The maximum Gasteiger partial charge on any atom is 0.218 e. The smallest absolute Gasteiger partial charge is 0.218 e. The molecule has 4 heteroatoms. The average molecular weight is 292 g/mol. The van der Waals surface area contributed by atoms with E-state index in [1.165, 1.54) is 5.56 Å². The van der Waals surface area contributed by atoms with Crippen molar-refractivity contribution < 1.29 is 9.47 Å². The van der Waals surface area contributed by atoms with E-state index in [2.05, 4.69) is 44.1 Å². The highest BCUT2D eigenvalue weighted by Crippen LogP contribution is 2.23. The van der Waals surface area contributed by atoms with E-state index in [0.29, 0.717) is 6.61 Å². The monoisotopic (exact) mass is 292 g/mol. The molecule has 0 radical (unpaired) electrons. The predicted octanol–water partition coefficient (Wildman–Crippen LogP) is 3.14. The van der Waals surface area contributed by atoms with Gasteiger partial charge in [0.2, 0.25) is 5.88 Å². The van der Waals surface area contributed by atoms with Crippen molar-refractivity contribution in [3.8, 4) is 5.88 Å². The van der Waals surface area contributed by atoms with Crippen molar-refractivity contribution in [1.82, 2.24) is 10.3 Å². The third-order valence-electron chi connectivity index (χ3n) is 3.66. The summed E-state index contributed by atoms with van der Waals surface area (Å²) in [6.07, 6.45) is 2.43. The number of rotatable bonds is 5. The van der Waals surface area contributed by atoms with Crippen LogP contribution in [0.2, 0.25) is 0 Å². The van der Waals surface area contributed by atoms with Crippen LogP contribution in [0.4, 0.5) is 0 Å². The highest BCUT2D eigenvalue weighted by atomic mass is 16.5. The highest BCUT2D eigenvalue weighted by Gasteiger charge is 2.19. The Kier molecular flexibility index (Phi) is 5.22. The Balaban J connectivity index is 2.09. The molecule has 2 heterocycles. The van der Waals surface area contributed by atoms with E-state index in [1.807, 2.05) is 6.92 Å². The SMILES string of the molecule is Cc1cc(C)c(CNC(C)(C)C)c(OCC2CCCO2)n1. The van der Waals surface area contributed by atoms with Crippen molar-refractivity contribution in [3.63, 3.8) is 0 Å². The number of nitrogens with zero attached hydrogens (tertiary/aromatic N) is 1. The largest absolute Gasteiger partial charge is 0.475 e. The van der Waals surface area contributed by atoms with Crippen molar-refractivity contribution in [2.45, 2.75) is 65.6 Å². The van der Waals surface area contributed by atoms with E-state index in [9.17, 15) is 0 Å². The van der Waals surface area contributed by atoms with Gasteiger partial charge in [-0.2, -0.15) is 0 Å². The quantitative estimate of drug-likeness (QED) is 0.905. The molecule has 1 aliphatic rings. The number of hydrogen-bond acceptors (Lipinski definition) is 4. The van der Waals surface area contributed by atoms with Crippen LogP contribution < -0.4 is 10.1 Å². The minimum Gasteiger partial charge on any atom is -0.475 e. The van der Waals surface area contributed by atoms with Gasteiger partial charge in [-0.05, 0) is 59.1 Å². The molecule has 1 N–H and O–H groups in total. The first-order valence-electron chi connectivity index (χ1n) is 7.82. The van der Waals surface area contributed by atoms with Gasteiger partial charge in [0.25, 0.3) is 0 Å². The molecule has 1 aromatic rings. The molecule has 1 atom stereocenters. The second kappa shape index (κ2) is 6.75. The van der Waals surface area contributed by atoms with E-state index in [0.717, 1.165) is 43.1 Å². The van der Waals surface area contributed by atoms with E-state index < -0.39 is 0 Å². The Labute approximate surface area is 128 Å². The van der Waals surface area contributed by atoms with E-state index >= 15 is 0 Å². The zero-order valence-electron chi connectivity index (χ0n) is 14.0. The normalized spacial score (nSPS) is 19.0. The van der Waals surface area contributed by atoms with Gasteiger partial charge in [-0.25, -0.2) is 4.98 Å². The topological polar surface area (TPSA) is 43.4 Å². The van der Waals surface area contributed by atoms with Crippen LogP contribution in [-0.2, 0) is 11.3 Å². The van der Waals surface area contributed by atoms with Gasteiger partial charge in [-0.15, -0.1) is 0 Å². The summed E-state index contributed by atoms with van der Waals surface area (Å²) in [5, 5.41) is 3.52. The maximum atomic E-state index is 5.97. The summed E-state index contributed by atoms with van der Waals surface area (Å²) in [6.45, 7) is 12.8. The Morgan fingerprint density at radius 2 is 2.14 bits per heavy atom. The van der Waals surface area contributed by atoms with Gasteiger partial charge in [0.15, 0.2) is 0 Å². The summed E-state index contributed by atoms with van der Waals surface area (Å²) in [5.74, 6) is 0.750. The standard InChI is InChI=1S/C17H28N2O2/c1-12-9-13(2)19-16(15(12)10-18-17(3,4)5)21-11-14-7-6-8-20-14/h9,14,18H,6-8,10-11H2,1-5H3. The zero-order chi connectivity index (χ0) is 15.5. The summed E-state index contributed by atoms with van der Waals surface area (Å²) in [5.41, 5.74) is 3.44. The first-order chi connectivity index (χ1) is 9.85. The summed E-state index contributed by atoms with van der Waals surface area (Å²) < 4.78 is 11.6. The summed E-state index contributed by atoms with van der Waals surface area (Å²) in [6, 6.07) is 2.11. The molecular weight excluding hydrogens is 264 g/mol. The zero-order valence-corrected chi connectivity index (χ0v) is 14.0. The Morgan fingerprint density at radius 3 is 2.76 bits per heavy atom. The molecule has 0 aromatic carbocycles. The molecule has 0 aliphatic carbocycles. The summed E-state index contributed by atoms with van der Waals surface area (Å²) in [4.78, 5) is 4.58. The molecule has 21 heavy (non-hydrogen) atoms. The van der Waals surface area contributed by atoms with Crippen LogP contribution in [0, 0.1) is 13.8 Å². The fraction of sp³-hybridized carbons (Fsp3) is 0.706. The van der Waals surface area contributed by atoms with E-state index in [1.54, 1.807) is 0 Å². The van der Waals surface area contributed by atoms with Gasteiger partial charge in [0, 0.05) is 29.9 Å². The molecular formula is C17H28N2O2. The maximum absolute atomic E-state index is 5.97. The van der Waals surface area contributed by atoms with Gasteiger partial charge < -0.3 is 14.8 Å². The number of aryl methyl sites for hydroxylation is 2. The van der Waals surface area contributed by atoms with Crippen LogP contribution in [0.5, 0.6) is 5.88 Å². The van der Waals surface area contributed by atoms with Crippen molar-refractivity contribution in [2.24, 2.45) is 0 Å². The Morgan fingerprint density at radius 1 is 1.38 bits per heavy atom. The fourth-order valence-electron chi connectivity index (χ4n) is 2.46. The molecule has 0 saturated carbocycles. The lowest BCUT2D eigenvalue weighted by atomic mass is 10.1. The van der Waals surface area contributed by atoms with E-state index in [4.69, 9.17) is 9.47 Å². The molecule has 1 aromatic heterocycles. The van der Waals surface area contributed by atoms with Gasteiger partial charge in [-0.1, -0.05) is 0 Å². The minimum atomic E-state index is 0.0726. The van der Waals surface area contributed by atoms with Crippen LogP contribution >= 0.6 is 0 Å². The lowest BCUT2D eigenvalue weighted by Gasteiger charge is -2.23. The molecule has 118 valence electrons. The summed E-state index contributed by atoms with van der Waals surface area (Å²) in [7, 11) is 0. The average Bonchev–Trinajstić information content (AvgIpc) is 2.86. The minimum absolute atomic E-state index is 0.0726. The number of nitrogens with one attached hydrogen (secondary N) is 1. The molecule has 0 spiro atoms. The Bertz CT molecular complexity index is 474. The first kappa shape index (κ1) is 16.2. The molecule has 4 nitrogen and oxygen atoms in total. The van der Waals surface area contributed by atoms with Gasteiger partial charge in [0.05, 0.1) is 6.10 Å². The van der Waals surface area contributed by atoms with Gasteiger partial charge in [-0.3, -0.25) is 0 Å². The molecule has 2 rings (SSSR count).